The average molecular weight is 590 g/mol. The van der Waals surface area contributed by atoms with Crippen LogP contribution < -0.4 is 45.1 Å². The largest absolute Gasteiger partial charge is 0.493 e. The molecule has 1 aliphatic carbocycles. The molecular weight excluding hydrogens is 554 g/mol. The van der Waals surface area contributed by atoms with Crippen molar-refractivity contribution >= 4 is 23.2 Å². The van der Waals surface area contributed by atoms with Crippen LogP contribution in [0, 0.1) is 0 Å². The van der Waals surface area contributed by atoms with E-state index in [1.807, 2.05) is 12.1 Å². The fourth-order valence-corrected chi connectivity index (χ4v) is 5.52. The molecule has 0 saturated heterocycles. The number of anilines is 2. The molecule has 11 heteroatoms. The number of aryl methyl sites for hydroxylation is 1. The van der Waals surface area contributed by atoms with E-state index in [0.29, 0.717) is 71.5 Å². The number of hydrogen-bond donors (Lipinski definition) is 3. The highest BCUT2D eigenvalue weighted by Gasteiger charge is 2.29. The minimum absolute atomic E-state index is 0.153. The van der Waals surface area contributed by atoms with E-state index in [0.717, 1.165) is 16.7 Å². The second-order valence-corrected chi connectivity index (χ2v) is 10.2. The number of carbonyl (C=O) groups is 2. The maximum Gasteiger partial charge on any atom is 0.231 e. The summed E-state index contributed by atoms with van der Waals surface area (Å²) in [4.78, 5) is 38.1. The molecule has 0 aromatic heterocycles. The predicted molar refractivity (Wildman–Crippen MR) is 162 cm³/mol. The molecule has 1 aliphatic heterocycles. The maximum absolute atomic E-state index is 13.4. The first-order valence-electron chi connectivity index (χ1n) is 14.0. The van der Waals surface area contributed by atoms with E-state index in [9.17, 15) is 14.4 Å². The number of methoxy groups -OCH3 is 3. The van der Waals surface area contributed by atoms with Gasteiger partial charge in [-0.2, -0.15) is 0 Å². The van der Waals surface area contributed by atoms with Gasteiger partial charge in [0.1, 0.15) is 0 Å². The summed E-state index contributed by atoms with van der Waals surface area (Å²) in [5.74, 6) is 2.36. The zero-order chi connectivity index (χ0) is 30.5. The summed E-state index contributed by atoms with van der Waals surface area (Å²) in [5.41, 5.74) is 3.93. The molecule has 0 bridgehead atoms. The van der Waals surface area contributed by atoms with E-state index >= 15 is 0 Å². The smallest absolute Gasteiger partial charge is 0.231 e. The summed E-state index contributed by atoms with van der Waals surface area (Å²) in [7, 11) is 4.67. The van der Waals surface area contributed by atoms with E-state index in [2.05, 4.69) is 16.0 Å². The van der Waals surface area contributed by atoms with Gasteiger partial charge in [0.05, 0.1) is 33.1 Å². The van der Waals surface area contributed by atoms with Gasteiger partial charge in [-0.3, -0.25) is 14.4 Å². The van der Waals surface area contributed by atoms with Crippen molar-refractivity contribution in [3.63, 3.8) is 0 Å². The highest BCUT2D eigenvalue weighted by Crippen LogP contribution is 2.50. The van der Waals surface area contributed by atoms with E-state index < -0.39 is 6.04 Å². The van der Waals surface area contributed by atoms with Gasteiger partial charge in [-0.1, -0.05) is 6.07 Å². The summed E-state index contributed by atoms with van der Waals surface area (Å²) < 4.78 is 27.7. The number of nitrogens with one attached hydrogen (secondary N) is 3. The van der Waals surface area contributed by atoms with Gasteiger partial charge in [-0.15, -0.1) is 0 Å². The molecule has 226 valence electrons. The van der Waals surface area contributed by atoms with Crippen LogP contribution >= 0.6 is 0 Å². The number of amides is 2. The number of carbonyl (C=O) groups excluding carboxylic acids is 2. The summed E-state index contributed by atoms with van der Waals surface area (Å²) in [6.45, 7) is 2.02. The van der Waals surface area contributed by atoms with Crippen LogP contribution in [-0.4, -0.2) is 46.5 Å². The van der Waals surface area contributed by atoms with Crippen molar-refractivity contribution in [1.29, 1.82) is 0 Å². The SMILES string of the molecule is COc1cc2c(c(OC)c1OC)-c1ccc(NCCCC(=O)Nc3ccc4c(c3)OCO4)c(=O)cc1C(NC(C)=O)CC2. The molecule has 0 saturated carbocycles. The van der Waals surface area contributed by atoms with Gasteiger partial charge in [0.15, 0.2) is 23.0 Å². The van der Waals surface area contributed by atoms with Gasteiger partial charge in [0, 0.05) is 37.2 Å². The molecule has 3 aromatic rings. The summed E-state index contributed by atoms with van der Waals surface area (Å²) >= 11 is 0. The van der Waals surface area contributed by atoms with E-state index in [4.69, 9.17) is 23.7 Å². The highest BCUT2D eigenvalue weighted by molar-refractivity contribution is 5.91. The Bertz CT molecular complexity index is 1610. The zero-order valence-electron chi connectivity index (χ0n) is 24.6. The Kier molecular flexibility index (Phi) is 8.89. The number of hydrogen-bond acceptors (Lipinski definition) is 9. The van der Waals surface area contributed by atoms with Crippen molar-refractivity contribution in [3.8, 4) is 39.9 Å². The first kappa shape index (κ1) is 29.6. The first-order chi connectivity index (χ1) is 20.8. The van der Waals surface area contributed by atoms with E-state index in [-0.39, 0.29) is 30.5 Å². The molecule has 5 rings (SSSR count). The lowest BCUT2D eigenvalue weighted by molar-refractivity contribution is -0.119. The second kappa shape index (κ2) is 12.9. The molecule has 3 aromatic carbocycles. The van der Waals surface area contributed by atoms with E-state index in [1.54, 1.807) is 51.7 Å². The molecule has 1 unspecified atom stereocenters. The number of fused-ring (bicyclic) bond motifs is 4. The second-order valence-electron chi connectivity index (χ2n) is 10.2. The summed E-state index contributed by atoms with van der Waals surface area (Å²) in [5, 5.41) is 9.05. The molecule has 1 atom stereocenters. The quantitative estimate of drug-likeness (QED) is 0.294. The van der Waals surface area contributed by atoms with Crippen LogP contribution in [0.1, 0.15) is 43.4 Å². The summed E-state index contributed by atoms with van der Waals surface area (Å²) in [6, 6.07) is 11.9. The van der Waals surface area contributed by atoms with E-state index in [1.165, 1.54) is 6.92 Å². The lowest BCUT2D eigenvalue weighted by atomic mass is 9.95. The Labute approximate surface area is 249 Å². The van der Waals surface area contributed by atoms with Gasteiger partial charge < -0.3 is 39.6 Å². The van der Waals surface area contributed by atoms with Crippen LogP contribution in [-0.2, 0) is 16.0 Å². The van der Waals surface area contributed by atoms with Crippen molar-refractivity contribution in [2.75, 3.05) is 45.3 Å². The van der Waals surface area contributed by atoms with Gasteiger partial charge >= 0.3 is 0 Å². The van der Waals surface area contributed by atoms with Crippen molar-refractivity contribution in [1.82, 2.24) is 5.32 Å². The van der Waals surface area contributed by atoms with Crippen molar-refractivity contribution in [2.24, 2.45) is 0 Å². The Hall–Kier alpha value is -4.93. The molecule has 3 N–H and O–H groups in total. The number of rotatable bonds is 10. The van der Waals surface area contributed by atoms with Crippen molar-refractivity contribution in [3.05, 3.63) is 63.8 Å². The Morgan fingerprint density at radius 3 is 2.49 bits per heavy atom. The molecule has 2 amide bonds. The minimum Gasteiger partial charge on any atom is -0.493 e. The van der Waals surface area contributed by atoms with Crippen LogP contribution in [0.25, 0.3) is 11.1 Å². The van der Waals surface area contributed by atoms with Crippen LogP contribution in [0.2, 0.25) is 0 Å². The molecule has 2 aliphatic rings. The lowest BCUT2D eigenvalue weighted by Crippen LogP contribution is -2.26. The molecule has 43 heavy (non-hydrogen) atoms. The Balaban J connectivity index is 1.38. The normalized spacial score (nSPS) is 14.5. The molecular formula is C32H35N3O8. The van der Waals surface area contributed by atoms with Gasteiger partial charge in [-0.05, 0) is 66.3 Å². The molecule has 0 fully saturated rings. The third-order valence-electron chi connectivity index (χ3n) is 7.47. The maximum atomic E-state index is 13.4. The van der Waals surface area contributed by atoms with Crippen molar-refractivity contribution in [2.45, 2.75) is 38.6 Å². The average Bonchev–Trinajstić information content (AvgIpc) is 3.34. The van der Waals surface area contributed by atoms with Gasteiger partial charge in [0.2, 0.25) is 29.8 Å². The van der Waals surface area contributed by atoms with Crippen LogP contribution in [0.3, 0.4) is 0 Å². The van der Waals surface area contributed by atoms with Crippen LogP contribution in [0.5, 0.6) is 28.7 Å². The monoisotopic (exact) mass is 589 g/mol. The molecule has 0 spiro atoms. The zero-order valence-corrected chi connectivity index (χ0v) is 24.6. The minimum atomic E-state index is -0.394. The number of ether oxygens (including phenoxy) is 5. The predicted octanol–water partition coefficient (Wildman–Crippen LogP) is 4.42. The Morgan fingerprint density at radius 1 is 0.953 bits per heavy atom. The molecule has 0 radical (unpaired) electrons. The van der Waals surface area contributed by atoms with Crippen molar-refractivity contribution < 1.29 is 33.3 Å². The Morgan fingerprint density at radius 2 is 1.74 bits per heavy atom. The lowest BCUT2D eigenvalue weighted by Gasteiger charge is -2.19. The summed E-state index contributed by atoms with van der Waals surface area (Å²) in [6.07, 6.45) is 1.93. The van der Waals surface area contributed by atoms with Crippen LogP contribution in [0.15, 0.2) is 47.3 Å². The topological polar surface area (TPSA) is 133 Å². The fourth-order valence-electron chi connectivity index (χ4n) is 5.52. The van der Waals surface area contributed by atoms with Gasteiger partial charge in [-0.25, -0.2) is 0 Å². The third kappa shape index (κ3) is 6.30. The number of benzene rings is 2. The van der Waals surface area contributed by atoms with Crippen LogP contribution in [0.4, 0.5) is 11.4 Å². The molecule has 11 nitrogen and oxygen atoms in total. The third-order valence-corrected chi connectivity index (χ3v) is 7.47. The standard InChI is InChI=1S/C32H35N3O8/c1-18(36)34-23-10-7-19-14-28(39-2)31(40-3)32(41-4)30(19)21-9-11-24(25(37)16-22(21)23)33-13-5-6-29(38)35-20-8-12-26-27(15-20)43-17-42-26/h8-9,11-12,14-16,23H,5-7,10,13,17H2,1-4H3,(H,33,37)(H,34,36)(H,35,38). The fraction of sp³-hybridized carbons (Fsp3) is 0.344. The first-order valence-corrected chi connectivity index (χ1v) is 14.0. The highest BCUT2D eigenvalue weighted by atomic mass is 16.7. The molecule has 1 heterocycles. The van der Waals surface area contributed by atoms with Gasteiger partial charge in [0.25, 0.3) is 0 Å².